The van der Waals surface area contributed by atoms with Crippen LogP contribution in [-0.4, -0.2) is 49.3 Å². The molecule has 2 N–H and O–H groups in total. The van der Waals surface area contributed by atoms with Gasteiger partial charge in [-0.05, 0) is 36.5 Å². The lowest BCUT2D eigenvalue weighted by Gasteiger charge is -2.34. The molecular formula is C18H26N2O5S. The Morgan fingerprint density at radius 3 is 2.46 bits per heavy atom. The predicted octanol–water partition coefficient (Wildman–Crippen LogP) is 1.80. The van der Waals surface area contributed by atoms with Gasteiger partial charge in [-0.2, -0.15) is 4.31 Å². The van der Waals surface area contributed by atoms with Crippen molar-refractivity contribution >= 4 is 21.9 Å². The molecule has 1 heterocycles. The summed E-state index contributed by atoms with van der Waals surface area (Å²) in [5.74, 6) is -1.64. The molecule has 1 amide bonds. The molecular weight excluding hydrogens is 356 g/mol. The summed E-state index contributed by atoms with van der Waals surface area (Å²) < 4.78 is 27.3. The summed E-state index contributed by atoms with van der Waals surface area (Å²) in [4.78, 5) is 23.1. The average Bonchev–Trinajstić information content (AvgIpc) is 2.58. The van der Waals surface area contributed by atoms with Crippen molar-refractivity contribution < 1.29 is 23.1 Å². The van der Waals surface area contributed by atoms with Crippen LogP contribution in [0.1, 0.15) is 37.6 Å². The predicted molar refractivity (Wildman–Crippen MR) is 97.3 cm³/mol. The molecule has 7 nitrogen and oxygen atoms in total. The summed E-state index contributed by atoms with van der Waals surface area (Å²) >= 11 is 0. The van der Waals surface area contributed by atoms with Crippen molar-refractivity contribution in [1.29, 1.82) is 0 Å². The molecule has 8 heteroatoms. The van der Waals surface area contributed by atoms with Gasteiger partial charge in [0.2, 0.25) is 10.0 Å². The van der Waals surface area contributed by atoms with Crippen LogP contribution in [0.4, 0.5) is 0 Å². The second-order valence-corrected chi connectivity index (χ2v) is 9.18. The number of aliphatic carboxylic acids is 1. The number of benzene rings is 1. The number of carbonyl (C=O) groups excluding carboxylic acids is 1. The van der Waals surface area contributed by atoms with E-state index in [1.54, 1.807) is 0 Å². The Morgan fingerprint density at radius 2 is 1.88 bits per heavy atom. The fraction of sp³-hybridized carbons (Fsp3) is 0.556. The second-order valence-electron chi connectivity index (χ2n) is 7.25. The van der Waals surface area contributed by atoms with Crippen molar-refractivity contribution in [2.24, 2.45) is 17.8 Å². The third-order valence-corrected chi connectivity index (χ3v) is 6.39. The highest BCUT2D eigenvalue weighted by Gasteiger charge is 2.32. The highest BCUT2D eigenvalue weighted by atomic mass is 32.2. The number of nitrogens with one attached hydrogen (secondary N) is 1. The molecule has 0 aromatic heterocycles. The molecule has 0 spiro atoms. The van der Waals surface area contributed by atoms with E-state index in [1.165, 1.54) is 35.5 Å². The number of hydrogen-bond acceptors (Lipinski definition) is 4. The lowest BCUT2D eigenvalue weighted by atomic mass is 9.94. The molecule has 26 heavy (non-hydrogen) atoms. The molecule has 0 saturated carbocycles. The number of carboxylic acid groups (broad SMARTS) is 1. The molecule has 3 unspecified atom stereocenters. The van der Waals surface area contributed by atoms with E-state index < -0.39 is 27.8 Å². The van der Waals surface area contributed by atoms with Gasteiger partial charge in [-0.15, -0.1) is 0 Å². The Hall–Kier alpha value is -1.93. The van der Waals surface area contributed by atoms with Crippen LogP contribution in [0.2, 0.25) is 0 Å². The zero-order valence-electron chi connectivity index (χ0n) is 15.3. The van der Waals surface area contributed by atoms with Gasteiger partial charge in [0.05, 0.1) is 10.8 Å². The highest BCUT2D eigenvalue weighted by molar-refractivity contribution is 7.89. The van der Waals surface area contributed by atoms with Crippen LogP contribution in [0.5, 0.6) is 0 Å². The van der Waals surface area contributed by atoms with Crippen molar-refractivity contribution in [1.82, 2.24) is 9.62 Å². The maximum absolute atomic E-state index is 12.9. The van der Waals surface area contributed by atoms with Gasteiger partial charge in [0.15, 0.2) is 0 Å². The van der Waals surface area contributed by atoms with Crippen LogP contribution in [0.3, 0.4) is 0 Å². The number of nitrogens with zero attached hydrogens (tertiary/aromatic N) is 1. The third-order valence-electron chi connectivity index (χ3n) is 4.56. The van der Waals surface area contributed by atoms with Crippen molar-refractivity contribution in [3.8, 4) is 0 Å². The van der Waals surface area contributed by atoms with Gasteiger partial charge >= 0.3 is 5.97 Å². The van der Waals surface area contributed by atoms with Crippen LogP contribution in [0.15, 0.2) is 29.2 Å². The fourth-order valence-corrected chi connectivity index (χ4v) is 4.91. The van der Waals surface area contributed by atoms with Crippen molar-refractivity contribution in [2.45, 2.75) is 32.1 Å². The quantitative estimate of drug-likeness (QED) is 0.781. The third kappa shape index (κ3) is 4.82. The zero-order chi connectivity index (χ0) is 19.5. The van der Waals surface area contributed by atoms with Crippen LogP contribution >= 0.6 is 0 Å². The molecule has 0 aliphatic carbocycles. The Balaban J connectivity index is 2.17. The summed E-state index contributed by atoms with van der Waals surface area (Å²) in [6, 6.07) is 5.87. The molecule has 3 atom stereocenters. The van der Waals surface area contributed by atoms with Crippen molar-refractivity contribution in [3.63, 3.8) is 0 Å². The lowest BCUT2D eigenvalue weighted by Crippen LogP contribution is -2.42. The van der Waals surface area contributed by atoms with E-state index in [0.717, 1.165) is 6.42 Å². The van der Waals surface area contributed by atoms with Gasteiger partial charge in [0.1, 0.15) is 0 Å². The molecule has 1 aromatic carbocycles. The molecule has 144 valence electrons. The number of amides is 1. The van der Waals surface area contributed by atoms with Gasteiger partial charge in [-0.25, -0.2) is 8.42 Å². The summed E-state index contributed by atoms with van der Waals surface area (Å²) in [5, 5.41) is 11.4. The molecule has 2 rings (SSSR count). The van der Waals surface area contributed by atoms with Gasteiger partial charge in [0, 0.05) is 25.2 Å². The van der Waals surface area contributed by atoms with Gasteiger partial charge in [0.25, 0.3) is 5.91 Å². The van der Waals surface area contributed by atoms with E-state index in [0.29, 0.717) is 13.1 Å². The van der Waals surface area contributed by atoms with E-state index in [4.69, 9.17) is 5.11 Å². The Morgan fingerprint density at radius 1 is 1.27 bits per heavy atom. The van der Waals surface area contributed by atoms with E-state index >= 15 is 0 Å². The Labute approximate surface area is 154 Å². The summed E-state index contributed by atoms with van der Waals surface area (Å²) in [6.45, 7) is 6.48. The second kappa shape index (κ2) is 8.18. The van der Waals surface area contributed by atoms with Crippen molar-refractivity contribution in [3.05, 3.63) is 29.8 Å². The first-order chi connectivity index (χ1) is 12.1. The average molecular weight is 382 g/mol. The molecule has 0 radical (unpaired) electrons. The maximum Gasteiger partial charge on any atom is 0.308 e. The smallest absolute Gasteiger partial charge is 0.308 e. The van der Waals surface area contributed by atoms with E-state index in [-0.39, 0.29) is 28.8 Å². The number of carbonyl (C=O) groups is 2. The van der Waals surface area contributed by atoms with Gasteiger partial charge < -0.3 is 10.4 Å². The van der Waals surface area contributed by atoms with Crippen LogP contribution < -0.4 is 5.32 Å². The van der Waals surface area contributed by atoms with Crippen LogP contribution in [0.25, 0.3) is 0 Å². The molecule has 1 aliphatic heterocycles. The first-order valence-corrected chi connectivity index (χ1v) is 10.2. The maximum atomic E-state index is 12.9. The van der Waals surface area contributed by atoms with E-state index in [1.807, 2.05) is 13.8 Å². The minimum atomic E-state index is -3.67. The minimum absolute atomic E-state index is 0.0215. The summed E-state index contributed by atoms with van der Waals surface area (Å²) in [5.41, 5.74) is 0.196. The van der Waals surface area contributed by atoms with Gasteiger partial charge in [-0.3, -0.25) is 9.59 Å². The number of piperidine rings is 1. The van der Waals surface area contributed by atoms with Crippen LogP contribution in [0, 0.1) is 17.8 Å². The summed E-state index contributed by atoms with van der Waals surface area (Å²) in [7, 11) is -3.67. The summed E-state index contributed by atoms with van der Waals surface area (Å²) in [6.07, 6.45) is 0.996. The van der Waals surface area contributed by atoms with Crippen LogP contribution in [-0.2, 0) is 14.8 Å². The minimum Gasteiger partial charge on any atom is -0.481 e. The number of sulfonamides is 1. The number of carboxylic acids is 1. The standard InChI is InChI=1S/C18H26N2O5S/c1-12-7-13(2)11-20(10-12)26(24,25)16-6-4-5-15(8-16)17(21)19-9-14(3)18(22)23/h4-6,8,12-14H,7,9-11H2,1-3H3,(H,19,21)(H,22,23). The Bertz CT molecular complexity index is 768. The molecule has 1 aromatic rings. The van der Waals surface area contributed by atoms with Gasteiger partial charge in [-0.1, -0.05) is 26.8 Å². The number of rotatable bonds is 6. The SMILES string of the molecule is CC1CC(C)CN(S(=O)(=O)c2cccc(C(=O)NCC(C)C(=O)O)c2)C1. The fourth-order valence-electron chi connectivity index (χ4n) is 3.18. The molecule has 0 bridgehead atoms. The normalized spacial score (nSPS) is 22.6. The Kier molecular flexibility index (Phi) is 6.41. The highest BCUT2D eigenvalue weighted by Crippen LogP contribution is 2.27. The lowest BCUT2D eigenvalue weighted by molar-refractivity contribution is -0.140. The van der Waals surface area contributed by atoms with Crippen molar-refractivity contribution in [2.75, 3.05) is 19.6 Å². The molecule has 1 aliphatic rings. The topological polar surface area (TPSA) is 104 Å². The zero-order valence-corrected chi connectivity index (χ0v) is 16.1. The first kappa shape index (κ1) is 20.4. The monoisotopic (exact) mass is 382 g/mol. The van der Waals surface area contributed by atoms with E-state index in [9.17, 15) is 18.0 Å². The number of hydrogen-bond donors (Lipinski definition) is 2. The van der Waals surface area contributed by atoms with E-state index in [2.05, 4.69) is 5.32 Å². The first-order valence-electron chi connectivity index (χ1n) is 8.72. The molecule has 1 saturated heterocycles. The molecule has 1 fully saturated rings. The largest absolute Gasteiger partial charge is 0.481 e.